The number of hydrogen-bond donors (Lipinski definition) is 1. The molecule has 0 saturated heterocycles. The average molecular weight is 255 g/mol. The molecule has 0 bridgehead atoms. The highest BCUT2D eigenvalue weighted by Crippen LogP contribution is 2.40. The van der Waals surface area contributed by atoms with E-state index in [-0.39, 0.29) is 6.10 Å². The Labute approximate surface area is 114 Å². The minimum atomic E-state index is -0.0879. The Morgan fingerprint density at radius 1 is 1.28 bits per heavy atom. The van der Waals surface area contributed by atoms with Gasteiger partial charge in [-0.05, 0) is 56.9 Å². The van der Waals surface area contributed by atoms with Gasteiger partial charge in [0.05, 0.1) is 6.10 Å². The van der Waals surface area contributed by atoms with Crippen LogP contribution in [0.1, 0.15) is 60.3 Å². The van der Waals surface area contributed by atoms with Crippen LogP contribution in [0.5, 0.6) is 0 Å². The molecule has 1 rings (SSSR count). The van der Waals surface area contributed by atoms with Crippen LogP contribution in [0.15, 0.2) is 0 Å². The van der Waals surface area contributed by atoms with Crippen molar-refractivity contribution in [1.29, 1.82) is 0 Å². The van der Waals surface area contributed by atoms with E-state index in [1.807, 2.05) is 0 Å². The molecule has 4 unspecified atom stereocenters. The summed E-state index contributed by atoms with van der Waals surface area (Å²) in [5.74, 6) is 1.22. The molecular weight excluding hydrogens is 222 g/mol. The third kappa shape index (κ3) is 4.24. The molecule has 0 aromatic carbocycles. The first-order chi connectivity index (χ1) is 8.25. The van der Waals surface area contributed by atoms with Crippen LogP contribution >= 0.6 is 0 Å². The molecule has 4 atom stereocenters. The zero-order valence-electron chi connectivity index (χ0n) is 13.2. The van der Waals surface area contributed by atoms with Crippen LogP contribution < -0.4 is 0 Å². The summed E-state index contributed by atoms with van der Waals surface area (Å²) in [6, 6.07) is 0.618. The lowest BCUT2D eigenvalue weighted by Gasteiger charge is -2.42. The molecule has 18 heavy (non-hydrogen) atoms. The van der Waals surface area contributed by atoms with E-state index in [2.05, 4.69) is 46.6 Å². The Kier molecular flexibility index (Phi) is 5.67. The van der Waals surface area contributed by atoms with Crippen molar-refractivity contribution >= 4 is 0 Å². The molecule has 0 aliphatic heterocycles. The van der Waals surface area contributed by atoms with Crippen molar-refractivity contribution in [2.24, 2.45) is 17.3 Å². The Bertz CT molecular complexity index is 246. The Hall–Kier alpha value is -0.0800. The normalized spacial score (nSPS) is 31.7. The van der Waals surface area contributed by atoms with E-state index in [1.165, 1.54) is 19.3 Å². The number of nitrogens with zero attached hydrogens (tertiary/aromatic N) is 1. The lowest BCUT2D eigenvalue weighted by molar-refractivity contribution is 0.00205. The fraction of sp³-hybridized carbons (Fsp3) is 1.00. The first-order valence-corrected chi connectivity index (χ1v) is 7.64. The van der Waals surface area contributed by atoms with Gasteiger partial charge in [0.2, 0.25) is 0 Å². The third-order valence-electron chi connectivity index (χ3n) is 5.03. The number of hydrogen-bond acceptors (Lipinski definition) is 2. The van der Waals surface area contributed by atoms with Crippen LogP contribution in [0.3, 0.4) is 0 Å². The standard InChI is InChI=1S/C16H33NO/c1-7-12(2)17(6)11-13-10-14(16(3,4)5)8-9-15(13)18/h12-15,18H,7-11H2,1-6H3. The summed E-state index contributed by atoms with van der Waals surface area (Å²) in [6.07, 6.45) is 4.46. The van der Waals surface area contributed by atoms with E-state index in [9.17, 15) is 5.11 Å². The SMILES string of the molecule is CCC(C)N(C)CC1CC(C(C)(C)C)CCC1O. The van der Waals surface area contributed by atoms with Gasteiger partial charge < -0.3 is 10.0 Å². The van der Waals surface area contributed by atoms with Gasteiger partial charge in [0.1, 0.15) is 0 Å². The molecule has 1 aliphatic carbocycles. The van der Waals surface area contributed by atoms with E-state index in [0.29, 0.717) is 17.4 Å². The maximum atomic E-state index is 10.2. The lowest BCUT2D eigenvalue weighted by atomic mass is 9.68. The van der Waals surface area contributed by atoms with E-state index in [0.717, 1.165) is 18.9 Å². The molecule has 0 aromatic rings. The van der Waals surface area contributed by atoms with Crippen molar-refractivity contribution in [3.8, 4) is 0 Å². The molecule has 0 aromatic heterocycles. The zero-order valence-corrected chi connectivity index (χ0v) is 13.2. The van der Waals surface area contributed by atoms with Gasteiger partial charge in [-0.2, -0.15) is 0 Å². The maximum absolute atomic E-state index is 10.2. The van der Waals surface area contributed by atoms with Gasteiger partial charge in [-0.1, -0.05) is 27.7 Å². The quantitative estimate of drug-likeness (QED) is 0.830. The molecule has 1 fully saturated rings. The van der Waals surface area contributed by atoms with Crippen LogP contribution in [0.25, 0.3) is 0 Å². The van der Waals surface area contributed by atoms with Gasteiger partial charge >= 0.3 is 0 Å². The highest BCUT2D eigenvalue weighted by molar-refractivity contribution is 4.87. The number of aliphatic hydroxyl groups excluding tert-OH is 1. The number of aliphatic hydroxyl groups is 1. The van der Waals surface area contributed by atoms with E-state index >= 15 is 0 Å². The summed E-state index contributed by atoms with van der Waals surface area (Å²) in [7, 11) is 2.20. The van der Waals surface area contributed by atoms with Gasteiger partial charge in [0.15, 0.2) is 0 Å². The Morgan fingerprint density at radius 3 is 2.39 bits per heavy atom. The molecule has 108 valence electrons. The van der Waals surface area contributed by atoms with Crippen molar-refractivity contribution in [3.05, 3.63) is 0 Å². The summed E-state index contributed by atoms with van der Waals surface area (Å²) < 4.78 is 0. The maximum Gasteiger partial charge on any atom is 0.0580 e. The van der Waals surface area contributed by atoms with Crippen molar-refractivity contribution < 1.29 is 5.11 Å². The van der Waals surface area contributed by atoms with Crippen molar-refractivity contribution in [2.45, 2.75) is 72.4 Å². The molecule has 2 heteroatoms. The monoisotopic (exact) mass is 255 g/mol. The van der Waals surface area contributed by atoms with Gasteiger partial charge in [0, 0.05) is 12.6 Å². The molecule has 1 N–H and O–H groups in total. The Balaban J connectivity index is 2.57. The molecule has 2 nitrogen and oxygen atoms in total. The fourth-order valence-corrected chi connectivity index (χ4v) is 3.09. The molecule has 0 spiro atoms. The average Bonchev–Trinajstić information content (AvgIpc) is 2.29. The summed E-state index contributed by atoms with van der Waals surface area (Å²) in [5.41, 5.74) is 0.382. The van der Waals surface area contributed by atoms with E-state index in [4.69, 9.17) is 0 Å². The second-order valence-electron chi connectivity index (χ2n) is 7.40. The van der Waals surface area contributed by atoms with Crippen LogP contribution in [0.2, 0.25) is 0 Å². The predicted octanol–water partition coefficient (Wildman–Crippen LogP) is 3.54. The minimum absolute atomic E-state index is 0.0879. The fourth-order valence-electron chi connectivity index (χ4n) is 3.09. The minimum Gasteiger partial charge on any atom is -0.393 e. The van der Waals surface area contributed by atoms with Gasteiger partial charge in [-0.15, -0.1) is 0 Å². The van der Waals surface area contributed by atoms with Crippen LogP contribution in [-0.2, 0) is 0 Å². The molecule has 0 heterocycles. The highest BCUT2D eigenvalue weighted by Gasteiger charge is 2.35. The summed E-state index contributed by atoms with van der Waals surface area (Å²) >= 11 is 0. The second-order valence-corrected chi connectivity index (χ2v) is 7.40. The van der Waals surface area contributed by atoms with E-state index < -0.39 is 0 Å². The summed E-state index contributed by atoms with van der Waals surface area (Å²) in [5, 5.41) is 10.2. The van der Waals surface area contributed by atoms with Crippen molar-refractivity contribution in [1.82, 2.24) is 4.90 Å². The largest absolute Gasteiger partial charge is 0.393 e. The van der Waals surface area contributed by atoms with Crippen molar-refractivity contribution in [2.75, 3.05) is 13.6 Å². The molecular formula is C16H33NO. The van der Waals surface area contributed by atoms with Crippen LogP contribution in [0, 0.1) is 17.3 Å². The van der Waals surface area contributed by atoms with Crippen LogP contribution in [-0.4, -0.2) is 35.7 Å². The first kappa shape index (κ1) is 16.0. The molecule has 0 amide bonds. The molecule has 1 aliphatic rings. The number of rotatable bonds is 4. The van der Waals surface area contributed by atoms with E-state index in [1.54, 1.807) is 0 Å². The topological polar surface area (TPSA) is 23.5 Å². The zero-order chi connectivity index (χ0) is 13.9. The predicted molar refractivity (Wildman–Crippen MR) is 78.7 cm³/mol. The van der Waals surface area contributed by atoms with Gasteiger partial charge in [-0.3, -0.25) is 0 Å². The highest BCUT2D eigenvalue weighted by atomic mass is 16.3. The first-order valence-electron chi connectivity index (χ1n) is 7.64. The summed E-state index contributed by atoms with van der Waals surface area (Å²) in [4.78, 5) is 2.42. The van der Waals surface area contributed by atoms with Crippen LogP contribution in [0.4, 0.5) is 0 Å². The third-order valence-corrected chi connectivity index (χ3v) is 5.03. The van der Waals surface area contributed by atoms with Gasteiger partial charge in [0.25, 0.3) is 0 Å². The van der Waals surface area contributed by atoms with Crippen molar-refractivity contribution in [3.63, 3.8) is 0 Å². The Morgan fingerprint density at radius 2 is 1.89 bits per heavy atom. The second kappa shape index (κ2) is 6.38. The smallest absolute Gasteiger partial charge is 0.0580 e. The molecule has 0 radical (unpaired) electrons. The molecule has 1 saturated carbocycles. The van der Waals surface area contributed by atoms with Gasteiger partial charge in [-0.25, -0.2) is 0 Å². The lowest BCUT2D eigenvalue weighted by Crippen LogP contribution is -2.42. The summed E-state index contributed by atoms with van der Waals surface area (Å²) in [6.45, 7) is 12.6.